The molecule has 1 amide bonds. The van der Waals surface area contributed by atoms with Gasteiger partial charge in [0.15, 0.2) is 5.17 Å². The third-order valence-electron chi connectivity index (χ3n) is 4.44. The number of hydrogen-bond acceptors (Lipinski definition) is 5. The zero-order valence-electron chi connectivity index (χ0n) is 16.2. The molecule has 0 atom stereocenters. The van der Waals surface area contributed by atoms with E-state index in [4.69, 9.17) is 9.84 Å². The summed E-state index contributed by atoms with van der Waals surface area (Å²) in [5, 5.41) is 13.3. The second kappa shape index (κ2) is 8.46. The summed E-state index contributed by atoms with van der Waals surface area (Å²) < 4.78 is 7.08. The molecule has 152 valence electrons. The van der Waals surface area contributed by atoms with Crippen molar-refractivity contribution in [3.63, 3.8) is 0 Å². The molecular weight excluding hydrogens is 402 g/mol. The summed E-state index contributed by atoms with van der Waals surface area (Å²) in [5.41, 5.74) is 2.30. The first-order chi connectivity index (χ1) is 14.5. The van der Waals surface area contributed by atoms with Gasteiger partial charge in [0, 0.05) is 22.7 Å². The number of carbonyl (C=O) groups excluding carboxylic acids is 1. The van der Waals surface area contributed by atoms with E-state index < -0.39 is 5.97 Å². The summed E-state index contributed by atoms with van der Waals surface area (Å²) in [6.45, 7) is 2.37. The SMILES string of the molecule is CCOc1ccc(N=C2NC(=O)/C(=C\c3cn(CC(=O)O)c4ccccc34)S2)cc1. The molecule has 0 saturated carbocycles. The number of aromatic nitrogens is 1. The minimum absolute atomic E-state index is 0.145. The minimum Gasteiger partial charge on any atom is -0.494 e. The fourth-order valence-electron chi connectivity index (χ4n) is 3.19. The average Bonchev–Trinajstić information content (AvgIpc) is 3.24. The van der Waals surface area contributed by atoms with Gasteiger partial charge in [0.05, 0.1) is 17.2 Å². The van der Waals surface area contributed by atoms with Crippen LogP contribution in [0.5, 0.6) is 5.75 Å². The highest BCUT2D eigenvalue weighted by molar-refractivity contribution is 8.18. The van der Waals surface area contributed by atoms with Gasteiger partial charge in [0.25, 0.3) is 5.91 Å². The number of para-hydroxylation sites is 1. The molecule has 30 heavy (non-hydrogen) atoms. The Bertz CT molecular complexity index is 1180. The van der Waals surface area contributed by atoms with Crippen LogP contribution in [0.4, 0.5) is 5.69 Å². The summed E-state index contributed by atoms with van der Waals surface area (Å²) in [5.74, 6) is -0.393. The van der Waals surface area contributed by atoms with E-state index in [1.807, 2.05) is 55.5 Å². The van der Waals surface area contributed by atoms with Crippen molar-refractivity contribution in [2.24, 2.45) is 4.99 Å². The van der Waals surface area contributed by atoms with E-state index in [-0.39, 0.29) is 12.5 Å². The molecular formula is C22H19N3O4S. The molecule has 1 aliphatic heterocycles. The van der Waals surface area contributed by atoms with Gasteiger partial charge in [-0.15, -0.1) is 0 Å². The van der Waals surface area contributed by atoms with Crippen LogP contribution in [0.1, 0.15) is 12.5 Å². The number of thioether (sulfide) groups is 1. The molecule has 2 heterocycles. The Morgan fingerprint density at radius 2 is 2.00 bits per heavy atom. The number of carbonyl (C=O) groups is 2. The standard InChI is InChI=1S/C22H19N3O4S/c1-2-29-16-9-7-15(8-10-16)23-22-24-21(28)19(30-22)11-14-12-25(13-20(26)27)18-6-4-3-5-17(14)18/h3-12H,2,13H2,1H3,(H,26,27)(H,23,24,28)/b19-11+. The Morgan fingerprint density at radius 3 is 2.73 bits per heavy atom. The fraction of sp³-hybridized carbons (Fsp3) is 0.136. The second-order valence-electron chi connectivity index (χ2n) is 6.53. The first-order valence-corrected chi connectivity index (χ1v) is 10.2. The van der Waals surface area contributed by atoms with E-state index in [9.17, 15) is 9.59 Å². The average molecular weight is 421 g/mol. The highest BCUT2D eigenvalue weighted by Crippen LogP contribution is 2.31. The number of carboxylic acid groups (broad SMARTS) is 1. The maximum atomic E-state index is 12.4. The minimum atomic E-state index is -0.923. The Hall–Kier alpha value is -3.52. The van der Waals surface area contributed by atoms with Gasteiger partial charge in [-0.05, 0) is 55.1 Å². The van der Waals surface area contributed by atoms with Crippen LogP contribution in [0.15, 0.2) is 64.6 Å². The van der Waals surface area contributed by atoms with E-state index in [0.717, 1.165) is 22.2 Å². The molecule has 0 aliphatic carbocycles. The Labute approximate surface area is 177 Å². The smallest absolute Gasteiger partial charge is 0.323 e. The molecule has 1 aromatic heterocycles. The highest BCUT2D eigenvalue weighted by atomic mass is 32.2. The number of amidine groups is 1. The zero-order chi connectivity index (χ0) is 21.1. The fourth-order valence-corrected chi connectivity index (χ4v) is 4.02. The number of benzene rings is 2. The van der Waals surface area contributed by atoms with Crippen molar-refractivity contribution < 1.29 is 19.4 Å². The molecule has 0 spiro atoms. The first kappa shape index (κ1) is 19.8. The zero-order valence-corrected chi connectivity index (χ0v) is 17.0. The van der Waals surface area contributed by atoms with E-state index in [1.54, 1.807) is 16.8 Å². The Kier molecular flexibility index (Phi) is 5.58. The van der Waals surface area contributed by atoms with Crippen molar-refractivity contribution in [1.82, 2.24) is 9.88 Å². The molecule has 4 rings (SSSR count). The molecule has 1 saturated heterocycles. The van der Waals surface area contributed by atoms with E-state index in [0.29, 0.717) is 22.4 Å². The lowest BCUT2D eigenvalue weighted by atomic mass is 10.1. The van der Waals surface area contributed by atoms with Crippen molar-refractivity contribution in [3.05, 3.63) is 65.2 Å². The summed E-state index contributed by atoms with van der Waals surface area (Å²) in [4.78, 5) is 28.6. The molecule has 2 N–H and O–H groups in total. The van der Waals surface area contributed by atoms with Gasteiger partial charge in [0.2, 0.25) is 0 Å². The molecule has 0 unspecified atom stereocenters. The molecule has 0 bridgehead atoms. The van der Waals surface area contributed by atoms with E-state index >= 15 is 0 Å². The van der Waals surface area contributed by atoms with Gasteiger partial charge in [-0.1, -0.05) is 18.2 Å². The van der Waals surface area contributed by atoms with Gasteiger partial charge < -0.3 is 19.7 Å². The predicted molar refractivity (Wildman–Crippen MR) is 118 cm³/mol. The number of nitrogens with one attached hydrogen (secondary N) is 1. The van der Waals surface area contributed by atoms with Crippen molar-refractivity contribution in [2.75, 3.05) is 6.61 Å². The van der Waals surface area contributed by atoms with Crippen molar-refractivity contribution in [3.8, 4) is 5.75 Å². The monoisotopic (exact) mass is 421 g/mol. The Morgan fingerprint density at radius 1 is 1.23 bits per heavy atom. The third-order valence-corrected chi connectivity index (χ3v) is 5.35. The van der Waals surface area contributed by atoms with Gasteiger partial charge in [0.1, 0.15) is 12.3 Å². The summed E-state index contributed by atoms with van der Waals surface area (Å²) in [6, 6.07) is 14.8. The van der Waals surface area contributed by atoms with Crippen LogP contribution in [0, 0.1) is 0 Å². The number of aliphatic carboxylic acids is 1. The summed E-state index contributed by atoms with van der Waals surface area (Å²) >= 11 is 1.25. The lowest BCUT2D eigenvalue weighted by molar-refractivity contribution is -0.137. The maximum Gasteiger partial charge on any atom is 0.323 e. The molecule has 0 radical (unpaired) electrons. The number of nitrogens with zero attached hydrogens (tertiary/aromatic N) is 2. The van der Waals surface area contributed by atoms with Gasteiger partial charge in [-0.3, -0.25) is 9.59 Å². The number of rotatable bonds is 6. The second-order valence-corrected chi connectivity index (χ2v) is 7.56. The predicted octanol–water partition coefficient (Wildman–Crippen LogP) is 4.02. The first-order valence-electron chi connectivity index (χ1n) is 9.35. The highest BCUT2D eigenvalue weighted by Gasteiger charge is 2.24. The number of ether oxygens (including phenoxy) is 1. The molecule has 1 fully saturated rings. The van der Waals surface area contributed by atoms with Crippen LogP contribution in [-0.4, -0.2) is 33.3 Å². The van der Waals surface area contributed by atoms with Gasteiger partial charge in [-0.2, -0.15) is 0 Å². The van der Waals surface area contributed by atoms with Crippen LogP contribution in [0.3, 0.4) is 0 Å². The Balaban J connectivity index is 1.61. The van der Waals surface area contributed by atoms with Gasteiger partial charge >= 0.3 is 5.97 Å². The topological polar surface area (TPSA) is 92.9 Å². The number of aliphatic imine (C=N–C) groups is 1. The quantitative estimate of drug-likeness (QED) is 0.587. The lowest BCUT2D eigenvalue weighted by Crippen LogP contribution is -2.19. The van der Waals surface area contributed by atoms with Crippen LogP contribution >= 0.6 is 11.8 Å². The normalized spacial score (nSPS) is 16.4. The van der Waals surface area contributed by atoms with Crippen LogP contribution in [0.25, 0.3) is 17.0 Å². The number of carboxylic acids is 1. The van der Waals surface area contributed by atoms with Crippen LogP contribution in [-0.2, 0) is 16.1 Å². The number of fused-ring (bicyclic) bond motifs is 1. The lowest BCUT2D eigenvalue weighted by Gasteiger charge is -2.02. The summed E-state index contributed by atoms with van der Waals surface area (Å²) in [7, 11) is 0. The van der Waals surface area contributed by atoms with Crippen LogP contribution in [0.2, 0.25) is 0 Å². The van der Waals surface area contributed by atoms with Gasteiger partial charge in [-0.25, -0.2) is 4.99 Å². The molecule has 8 heteroatoms. The van der Waals surface area contributed by atoms with Crippen molar-refractivity contribution >= 4 is 51.5 Å². The third kappa shape index (κ3) is 4.23. The number of amides is 1. The molecule has 1 aliphatic rings. The molecule has 7 nitrogen and oxygen atoms in total. The van der Waals surface area contributed by atoms with Crippen molar-refractivity contribution in [2.45, 2.75) is 13.5 Å². The molecule has 3 aromatic rings. The summed E-state index contributed by atoms with van der Waals surface area (Å²) in [6.07, 6.45) is 3.52. The maximum absolute atomic E-state index is 12.4. The van der Waals surface area contributed by atoms with E-state index in [2.05, 4.69) is 10.3 Å². The largest absolute Gasteiger partial charge is 0.494 e. The number of hydrogen-bond donors (Lipinski definition) is 2. The molecule has 2 aromatic carbocycles. The van der Waals surface area contributed by atoms with Crippen molar-refractivity contribution in [1.29, 1.82) is 0 Å². The van der Waals surface area contributed by atoms with E-state index in [1.165, 1.54) is 11.8 Å². The van der Waals surface area contributed by atoms with Crippen LogP contribution < -0.4 is 10.1 Å².